The van der Waals surface area contributed by atoms with Gasteiger partial charge in [-0.2, -0.15) is 0 Å². The van der Waals surface area contributed by atoms with E-state index in [0.717, 1.165) is 0 Å². The predicted molar refractivity (Wildman–Crippen MR) is 46.7 cm³/mol. The molecule has 0 amide bonds. The van der Waals surface area contributed by atoms with E-state index in [4.69, 9.17) is 5.11 Å². The molecule has 0 fully saturated rings. The third-order valence-corrected chi connectivity index (χ3v) is 1.92. The predicted octanol–water partition coefficient (Wildman–Crippen LogP) is 2.09. The van der Waals surface area contributed by atoms with Crippen LogP contribution in [-0.4, -0.2) is 11.7 Å². The van der Waals surface area contributed by atoms with Crippen molar-refractivity contribution in [3.05, 3.63) is 35.4 Å². The van der Waals surface area contributed by atoms with Gasteiger partial charge in [-0.1, -0.05) is 36.8 Å². The Hall–Kier alpha value is -0.820. The quantitative estimate of drug-likeness (QED) is 0.684. The smallest absolute Gasteiger partial charge is 0.0497 e. The highest BCUT2D eigenvalue weighted by Gasteiger charge is 2.01. The summed E-state index contributed by atoms with van der Waals surface area (Å²) in [6.07, 6.45) is 0. The van der Waals surface area contributed by atoms with Crippen LogP contribution in [0, 0.1) is 6.92 Å². The highest BCUT2D eigenvalue weighted by molar-refractivity contribution is 5.23. The summed E-state index contributed by atoms with van der Waals surface area (Å²) in [5, 5.41) is 8.86. The van der Waals surface area contributed by atoms with E-state index < -0.39 is 0 Å². The van der Waals surface area contributed by atoms with E-state index >= 15 is 0 Å². The molecule has 0 aromatic heterocycles. The molecule has 1 N–H and O–H groups in total. The van der Waals surface area contributed by atoms with Gasteiger partial charge in [0.15, 0.2) is 0 Å². The van der Waals surface area contributed by atoms with Gasteiger partial charge in [0.1, 0.15) is 0 Å². The maximum Gasteiger partial charge on any atom is 0.0497 e. The van der Waals surface area contributed by atoms with Gasteiger partial charge in [0.05, 0.1) is 0 Å². The summed E-state index contributed by atoms with van der Waals surface area (Å²) in [4.78, 5) is 0. The lowest BCUT2D eigenvalue weighted by molar-refractivity contribution is 0.273. The van der Waals surface area contributed by atoms with Gasteiger partial charge in [-0.15, -0.1) is 0 Å². The normalized spacial score (nSPS) is 13.0. The second kappa shape index (κ2) is 3.54. The molecule has 0 saturated carbocycles. The molecule has 0 bridgehead atoms. The lowest BCUT2D eigenvalue weighted by Gasteiger charge is -2.07. The molecule has 0 aliphatic rings. The Morgan fingerprint density at radius 1 is 1.27 bits per heavy atom. The van der Waals surface area contributed by atoms with Gasteiger partial charge in [-0.05, 0) is 12.5 Å². The Morgan fingerprint density at radius 2 is 1.82 bits per heavy atom. The van der Waals surface area contributed by atoms with Gasteiger partial charge in [-0.3, -0.25) is 0 Å². The molecule has 0 radical (unpaired) electrons. The summed E-state index contributed by atoms with van der Waals surface area (Å²) in [5.41, 5.74) is 2.47. The van der Waals surface area contributed by atoms with E-state index in [0.29, 0.717) is 0 Å². The number of hydrogen-bond acceptors (Lipinski definition) is 1. The van der Waals surface area contributed by atoms with Gasteiger partial charge < -0.3 is 5.11 Å². The zero-order valence-corrected chi connectivity index (χ0v) is 7.04. The van der Waals surface area contributed by atoms with Crippen LogP contribution in [0.15, 0.2) is 24.3 Å². The van der Waals surface area contributed by atoms with Crippen LogP contribution in [0.25, 0.3) is 0 Å². The summed E-state index contributed by atoms with van der Waals surface area (Å²) < 4.78 is 0. The number of aliphatic hydroxyl groups excluding tert-OH is 1. The monoisotopic (exact) mass is 150 g/mol. The van der Waals surface area contributed by atoms with E-state index in [1.807, 2.05) is 6.92 Å². The summed E-state index contributed by atoms with van der Waals surface area (Å²) in [7, 11) is 0. The molecular formula is C10H14O. The molecule has 60 valence electrons. The van der Waals surface area contributed by atoms with Crippen molar-refractivity contribution in [3.63, 3.8) is 0 Å². The molecule has 0 heterocycles. The fraction of sp³-hybridized carbons (Fsp3) is 0.400. The van der Waals surface area contributed by atoms with Crippen molar-refractivity contribution in [1.82, 2.24) is 0 Å². The molecule has 0 unspecified atom stereocenters. The molecular weight excluding hydrogens is 136 g/mol. The summed E-state index contributed by atoms with van der Waals surface area (Å²) in [6, 6.07) is 8.27. The first-order chi connectivity index (χ1) is 5.24. The molecule has 1 nitrogen and oxygen atoms in total. The van der Waals surface area contributed by atoms with Gasteiger partial charge in [0, 0.05) is 12.5 Å². The fourth-order valence-corrected chi connectivity index (χ4v) is 1.00. The van der Waals surface area contributed by atoms with Crippen molar-refractivity contribution in [1.29, 1.82) is 0 Å². The maximum atomic E-state index is 8.86. The lowest BCUT2D eigenvalue weighted by atomic mass is 10.0. The maximum absolute atomic E-state index is 8.86. The zero-order chi connectivity index (χ0) is 8.27. The molecule has 1 heteroatoms. The van der Waals surface area contributed by atoms with Crippen LogP contribution in [0.2, 0.25) is 0 Å². The van der Waals surface area contributed by atoms with Crippen LogP contribution in [0.3, 0.4) is 0 Å². The molecule has 0 aliphatic heterocycles. The Kier molecular flexibility index (Phi) is 2.66. The van der Waals surface area contributed by atoms with Crippen LogP contribution >= 0.6 is 0 Å². The van der Waals surface area contributed by atoms with Crippen molar-refractivity contribution < 1.29 is 5.11 Å². The van der Waals surface area contributed by atoms with E-state index in [-0.39, 0.29) is 12.5 Å². The molecule has 1 aromatic rings. The van der Waals surface area contributed by atoms with Crippen LogP contribution < -0.4 is 0 Å². The average Bonchev–Trinajstić information content (AvgIpc) is 2.05. The van der Waals surface area contributed by atoms with Gasteiger partial charge in [0.25, 0.3) is 0 Å². The van der Waals surface area contributed by atoms with Crippen molar-refractivity contribution in [2.75, 3.05) is 6.61 Å². The molecule has 0 spiro atoms. The number of aryl methyl sites for hydroxylation is 1. The fourth-order valence-electron chi connectivity index (χ4n) is 1.00. The summed E-state index contributed by atoms with van der Waals surface area (Å²) in [5.74, 6) is 0.260. The second-order valence-corrected chi connectivity index (χ2v) is 2.99. The lowest BCUT2D eigenvalue weighted by Crippen LogP contribution is -1.97. The minimum absolute atomic E-state index is 0.225. The topological polar surface area (TPSA) is 20.2 Å². The summed E-state index contributed by atoms with van der Waals surface area (Å²) in [6.45, 7) is 4.31. The molecule has 1 atom stereocenters. The van der Waals surface area contributed by atoms with Gasteiger partial charge >= 0.3 is 0 Å². The Labute approximate surface area is 67.7 Å². The second-order valence-electron chi connectivity index (χ2n) is 2.99. The highest BCUT2D eigenvalue weighted by atomic mass is 16.3. The Bertz CT molecular complexity index is 213. The molecule has 1 rings (SSSR count). The Balaban J connectivity index is 2.81. The van der Waals surface area contributed by atoms with Crippen LogP contribution in [-0.2, 0) is 0 Å². The molecule has 0 saturated heterocycles. The van der Waals surface area contributed by atoms with Gasteiger partial charge in [0.2, 0.25) is 0 Å². The molecule has 1 aromatic carbocycles. The van der Waals surface area contributed by atoms with Crippen molar-refractivity contribution in [2.45, 2.75) is 19.8 Å². The number of hydrogen-bond donors (Lipinski definition) is 1. The number of aliphatic hydroxyl groups is 1. The van der Waals surface area contributed by atoms with Crippen LogP contribution in [0.1, 0.15) is 24.0 Å². The minimum atomic E-state index is 0.225. The van der Waals surface area contributed by atoms with Gasteiger partial charge in [-0.25, -0.2) is 0 Å². The van der Waals surface area contributed by atoms with Crippen molar-refractivity contribution in [3.8, 4) is 0 Å². The van der Waals surface area contributed by atoms with Crippen LogP contribution in [0.4, 0.5) is 0 Å². The van der Waals surface area contributed by atoms with Crippen molar-refractivity contribution in [2.24, 2.45) is 0 Å². The zero-order valence-electron chi connectivity index (χ0n) is 7.04. The van der Waals surface area contributed by atoms with E-state index in [2.05, 4.69) is 31.2 Å². The third-order valence-electron chi connectivity index (χ3n) is 1.92. The van der Waals surface area contributed by atoms with Crippen LogP contribution in [0.5, 0.6) is 0 Å². The van der Waals surface area contributed by atoms with Crippen molar-refractivity contribution >= 4 is 0 Å². The Morgan fingerprint density at radius 3 is 2.27 bits per heavy atom. The largest absolute Gasteiger partial charge is 0.396 e. The first-order valence-corrected chi connectivity index (χ1v) is 3.91. The molecule has 11 heavy (non-hydrogen) atoms. The van der Waals surface area contributed by atoms with E-state index in [1.54, 1.807) is 0 Å². The average molecular weight is 150 g/mol. The molecule has 0 aliphatic carbocycles. The number of rotatable bonds is 2. The first-order valence-electron chi connectivity index (χ1n) is 3.91. The summed E-state index contributed by atoms with van der Waals surface area (Å²) >= 11 is 0. The van der Waals surface area contributed by atoms with E-state index in [9.17, 15) is 0 Å². The number of benzene rings is 1. The minimum Gasteiger partial charge on any atom is -0.396 e. The van der Waals surface area contributed by atoms with E-state index in [1.165, 1.54) is 11.1 Å². The first kappa shape index (κ1) is 8.28. The SMILES string of the molecule is Cc1ccc([C@H](C)CO)cc1. The third kappa shape index (κ3) is 2.05. The highest BCUT2D eigenvalue weighted by Crippen LogP contribution is 2.14. The standard InChI is InChI=1S/C10H14O/c1-8-3-5-10(6-4-8)9(2)7-11/h3-6,9,11H,7H2,1-2H3/t9-/m1/s1.